The predicted octanol–water partition coefficient (Wildman–Crippen LogP) is 3.82. The lowest BCUT2D eigenvalue weighted by Crippen LogP contribution is -2.54. The number of halogens is 1. The van der Waals surface area contributed by atoms with Crippen LogP contribution in [0.5, 0.6) is 0 Å². The van der Waals surface area contributed by atoms with Gasteiger partial charge in [0, 0.05) is 36.6 Å². The highest BCUT2D eigenvalue weighted by atomic mass is 32.1. The lowest BCUT2D eigenvalue weighted by molar-refractivity contribution is -0.134. The molecule has 4 heterocycles. The van der Waals surface area contributed by atoms with Crippen LogP contribution in [0.15, 0.2) is 66.2 Å². The van der Waals surface area contributed by atoms with E-state index in [1.165, 1.54) is 17.0 Å². The standard InChI is InChI=1S/C26H25FN4O3S/c27-21-8-2-1-7-20(21)23(32)30-14-10-18(11-15-30)26(22-9-3-4-13-28-22)24(33)31(25(34)29-26)16-12-19-6-5-17-35-19/h1-9,13,17-18H,10-12,14-16H2,(H,29,34)/t26-/m1/s1. The van der Waals surface area contributed by atoms with Gasteiger partial charge in [-0.3, -0.25) is 19.5 Å². The van der Waals surface area contributed by atoms with Gasteiger partial charge in [0.25, 0.3) is 11.8 Å². The predicted molar refractivity (Wildman–Crippen MR) is 129 cm³/mol. The molecule has 3 aromatic rings. The highest BCUT2D eigenvalue weighted by Gasteiger charge is 2.58. The van der Waals surface area contributed by atoms with Crippen molar-refractivity contribution in [3.8, 4) is 0 Å². The summed E-state index contributed by atoms with van der Waals surface area (Å²) in [5, 5.41) is 4.95. The first-order valence-electron chi connectivity index (χ1n) is 11.6. The van der Waals surface area contributed by atoms with Crippen molar-refractivity contribution in [2.45, 2.75) is 24.8 Å². The summed E-state index contributed by atoms with van der Waals surface area (Å²) >= 11 is 1.59. The second-order valence-electron chi connectivity index (χ2n) is 8.79. The van der Waals surface area contributed by atoms with Gasteiger partial charge in [-0.2, -0.15) is 0 Å². The monoisotopic (exact) mass is 492 g/mol. The molecule has 1 atom stereocenters. The maximum absolute atomic E-state index is 14.2. The molecule has 2 aliphatic heterocycles. The molecule has 180 valence electrons. The van der Waals surface area contributed by atoms with Gasteiger partial charge in [-0.05, 0) is 55.0 Å². The second-order valence-corrected chi connectivity index (χ2v) is 9.82. The van der Waals surface area contributed by atoms with Crippen LogP contribution < -0.4 is 5.32 Å². The minimum absolute atomic E-state index is 0.0374. The SMILES string of the molecule is O=C(c1ccccc1F)N1CCC([C@]2(c3ccccn3)NC(=O)N(CCc3cccs3)C2=O)CC1. The summed E-state index contributed by atoms with van der Waals surface area (Å²) in [6.07, 6.45) is 3.15. The summed E-state index contributed by atoms with van der Waals surface area (Å²) < 4.78 is 14.2. The number of nitrogens with zero attached hydrogens (tertiary/aromatic N) is 3. The quantitative estimate of drug-likeness (QED) is 0.531. The minimum atomic E-state index is -1.29. The highest BCUT2D eigenvalue weighted by Crippen LogP contribution is 2.41. The number of aromatic nitrogens is 1. The van der Waals surface area contributed by atoms with Gasteiger partial charge in [0.05, 0.1) is 11.3 Å². The van der Waals surface area contributed by atoms with E-state index in [9.17, 15) is 18.8 Å². The summed E-state index contributed by atoms with van der Waals surface area (Å²) in [6.45, 7) is 0.986. The molecule has 0 bridgehead atoms. The molecule has 1 aromatic carbocycles. The fraction of sp³-hybridized carbons (Fsp3) is 0.308. The van der Waals surface area contributed by atoms with Crippen molar-refractivity contribution in [2.24, 2.45) is 5.92 Å². The first kappa shape index (κ1) is 23.2. The number of hydrogen-bond acceptors (Lipinski definition) is 5. The van der Waals surface area contributed by atoms with Gasteiger partial charge in [-0.25, -0.2) is 9.18 Å². The summed E-state index contributed by atoms with van der Waals surface area (Å²) in [7, 11) is 0. The van der Waals surface area contributed by atoms with Gasteiger partial charge >= 0.3 is 6.03 Å². The maximum atomic E-state index is 14.2. The first-order chi connectivity index (χ1) is 17.0. The fourth-order valence-corrected chi connectivity index (χ4v) is 5.75. The Hall–Kier alpha value is -3.59. The van der Waals surface area contributed by atoms with Crippen LogP contribution in [0.3, 0.4) is 0 Å². The van der Waals surface area contributed by atoms with Crippen molar-refractivity contribution in [1.29, 1.82) is 0 Å². The molecule has 0 radical (unpaired) electrons. The van der Waals surface area contributed by atoms with Crippen LogP contribution in [0, 0.1) is 11.7 Å². The van der Waals surface area contributed by atoms with Crippen LogP contribution in [0.1, 0.15) is 33.8 Å². The Morgan fingerprint density at radius 2 is 1.86 bits per heavy atom. The van der Waals surface area contributed by atoms with Crippen molar-refractivity contribution in [2.75, 3.05) is 19.6 Å². The van der Waals surface area contributed by atoms with Crippen LogP contribution in [0.25, 0.3) is 0 Å². The smallest absolute Gasteiger partial charge is 0.325 e. The molecule has 0 unspecified atom stereocenters. The Kier molecular flexibility index (Phi) is 6.34. The van der Waals surface area contributed by atoms with E-state index in [-0.39, 0.29) is 29.8 Å². The molecular formula is C26H25FN4O3S. The molecule has 1 N–H and O–H groups in total. The summed E-state index contributed by atoms with van der Waals surface area (Å²) in [5.41, 5.74) is -0.757. The second kappa shape index (κ2) is 9.58. The lowest BCUT2D eigenvalue weighted by atomic mass is 9.75. The van der Waals surface area contributed by atoms with Gasteiger partial charge in [0.15, 0.2) is 5.54 Å². The number of likely N-dealkylation sites (tertiary alicyclic amines) is 1. The molecule has 0 aliphatic carbocycles. The van der Waals surface area contributed by atoms with Gasteiger partial charge < -0.3 is 10.2 Å². The Labute approximate surface area is 206 Å². The number of piperidine rings is 1. The van der Waals surface area contributed by atoms with Gasteiger partial charge in [0.2, 0.25) is 0 Å². The van der Waals surface area contributed by atoms with E-state index in [1.807, 2.05) is 17.5 Å². The molecule has 7 nitrogen and oxygen atoms in total. The number of pyridine rings is 1. The Bertz CT molecular complexity index is 1230. The molecule has 2 saturated heterocycles. The zero-order chi connectivity index (χ0) is 24.4. The lowest BCUT2D eigenvalue weighted by Gasteiger charge is -2.40. The summed E-state index contributed by atoms with van der Waals surface area (Å²) in [4.78, 5) is 48.2. The first-order valence-corrected chi connectivity index (χ1v) is 12.5. The summed E-state index contributed by atoms with van der Waals surface area (Å²) in [5.74, 6) is -1.49. The van der Waals surface area contributed by atoms with Gasteiger partial charge in [-0.1, -0.05) is 24.3 Å². The van der Waals surface area contributed by atoms with E-state index >= 15 is 0 Å². The number of rotatable bonds is 6. The van der Waals surface area contributed by atoms with Crippen molar-refractivity contribution < 1.29 is 18.8 Å². The zero-order valence-corrected chi connectivity index (χ0v) is 19.8. The van der Waals surface area contributed by atoms with Gasteiger partial charge in [0.1, 0.15) is 5.82 Å². The molecule has 2 fully saturated rings. The van der Waals surface area contributed by atoms with E-state index in [4.69, 9.17) is 0 Å². The van der Waals surface area contributed by atoms with Crippen molar-refractivity contribution in [3.63, 3.8) is 0 Å². The van der Waals surface area contributed by atoms with E-state index in [0.717, 1.165) is 4.88 Å². The van der Waals surface area contributed by atoms with Gasteiger partial charge in [-0.15, -0.1) is 11.3 Å². The third-order valence-corrected chi connectivity index (χ3v) is 7.80. The van der Waals surface area contributed by atoms with Crippen molar-refractivity contribution >= 4 is 29.2 Å². The van der Waals surface area contributed by atoms with Crippen LogP contribution in [0.4, 0.5) is 9.18 Å². The number of carbonyl (C=O) groups is 3. The van der Waals surface area contributed by atoms with E-state index < -0.39 is 17.4 Å². The Morgan fingerprint density at radius 3 is 2.54 bits per heavy atom. The molecule has 9 heteroatoms. The average molecular weight is 493 g/mol. The van der Waals surface area contributed by atoms with Crippen molar-refractivity contribution in [3.05, 3.63) is 88.1 Å². The number of benzene rings is 1. The van der Waals surface area contributed by atoms with Crippen LogP contribution in [-0.2, 0) is 16.8 Å². The van der Waals surface area contributed by atoms with Crippen LogP contribution in [-0.4, -0.2) is 52.3 Å². The molecule has 2 aliphatic rings. The van der Waals surface area contributed by atoms with E-state index in [1.54, 1.807) is 52.8 Å². The van der Waals surface area contributed by atoms with Crippen molar-refractivity contribution in [1.82, 2.24) is 20.1 Å². The maximum Gasteiger partial charge on any atom is 0.325 e. The molecule has 2 aromatic heterocycles. The molecule has 0 spiro atoms. The van der Waals surface area contributed by atoms with Crippen LogP contribution in [0.2, 0.25) is 0 Å². The Balaban J connectivity index is 1.38. The average Bonchev–Trinajstić information content (AvgIpc) is 3.50. The number of hydrogen-bond donors (Lipinski definition) is 1. The third-order valence-electron chi connectivity index (χ3n) is 6.86. The normalized spacial score (nSPS) is 20.8. The largest absolute Gasteiger partial charge is 0.339 e. The molecule has 5 rings (SSSR count). The molecular weight excluding hydrogens is 467 g/mol. The number of thiophene rings is 1. The van der Waals surface area contributed by atoms with E-state index in [0.29, 0.717) is 38.0 Å². The van der Waals surface area contributed by atoms with Crippen LogP contribution >= 0.6 is 11.3 Å². The highest BCUT2D eigenvalue weighted by molar-refractivity contribution is 7.09. The number of amides is 4. The number of carbonyl (C=O) groups excluding carboxylic acids is 3. The summed E-state index contributed by atoms with van der Waals surface area (Å²) in [6, 6.07) is 14.8. The molecule has 35 heavy (non-hydrogen) atoms. The number of nitrogens with one attached hydrogen (secondary N) is 1. The number of imide groups is 1. The fourth-order valence-electron chi connectivity index (χ4n) is 5.05. The number of urea groups is 1. The third kappa shape index (κ3) is 4.20. The zero-order valence-electron chi connectivity index (χ0n) is 19.0. The molecule has 4 amide bonds. The molecule has 0 saturated carbocycles. The minimum Gasteiger partial charge on any atom is -0.339 e. The topological polar surface area (TPSA) is 82.6 Å². The van der Waals surface area contributed by atoms with E-state index in [2.05, 4.69) is 10.3 Å². The Morgan fingerprint density at radius 1 is 1.09 bits per heavy atom.